The van der Waals surface area contributed by atoms with Crippen molar-refractivity contribution in [3.8, 4) is 17.2 Å². The molecule has 0 aliphatic rings. The standard InChI is InChI=1S/C38H45N3O7S/c1-7-28(3)39-38(43)34(23-29-12-9-8-10-13-29)40(25-30-14-11-15-32(22-30)46-4)37(42)26-41(31-18-16-27(2)17-19-31)49(44,45)33-20-21-35(47-5)36(24-33)48-6/h8-22,24,28,34H,7,23,25-26H2,1-6H3,(H,39,43)/t28-,34+/m0/s1. The molecule has 0 bridgehead atoms. The van der Waals surface area contributed by atoms with Gasteiger partial charge in [0.2, 0.25) is 11.8 Å². The fourth-order valence-electron chi connectivity index (χ4n) is 5.31. The second-order valence-corrected chi connectivity index (χ2v) is 13.6. The van der Waals surface area contributed by atoms with Gasteiger partial charge in [-0.2, -0.15) is 0 Å². The zero-order chi connectivity index (χ0) is 35.6. The van der Waals surface area contributed by atoms with Crippen LogP contribution in [-0.2, 0) is 32.6 Å². The van der Waals surface area contributed by atoms with Crippen LogP contribution in [0.4, 0.5) is 5.69 Å². The third-order valence-electron chi connectivity index (χ3n) is 8.30. The average molecular weight is 688 g/mol. The van der Waals surface area contributed by atoms with Crippen LogP contribution in [0.2, 0.25) is 0 Å². The molecule has 11 heteroatoms. The van der Waals surface area contributed by atoms with Gasteiger partial charge in [0.05, 0.1) is 31.9 Å². The van der Waals surface area contributed by atoms with Crippen LogP contribution in [0.25, 0.3) is 0 Å². The lowest BCUT2D eigenvalue weighted by Gasteiger charge is -2.34. The van der Waals surface area contributed by atoms with E-state index in [1.54, 1.807) is 43.5 Å². The minimum atomic E-state index is -4.33. The normalized spacial score (nSPS) is 12.4. The number of anilines is 1. The summed E-state index contributed by atoms with van der Waals surface area (Å²) in [5.41, 5.74) is 2.77. The van der Waals surface area contributed by atoms with Gasteiger partial charge in [-0.25, -0.2) is 8.42 Å². The van der Waals surface area contributed by atoms with Gasteiger partial charge in [-0.1, -0.05) is 67.1 Å². The van der Waals surface area contributed by atoms with Crippen LogP contribution >= 0.6 is 0 Å². The van der Waals surface area contributed by atoms with Crippen molar-refractivity contribution in [2.45, 2.75) is 57.1 Å². The molecule has 1 N–H and O–H groups in total. The van der Waals surface area contributed by atoms with E-state index in [9.17, 15) is 18.0 Å². The number of aryl methyl sites for hydroxylation is 1. The number of nitrogens with zero attached hydrogens (tertiary/aromatic N) is 2. The number of carbonyl (C=O) groups is 2. The lowest BCUT2D eigenvalue weighted by Crippen LogP contribution is -2.54. The number of methoxy groups -OCH3 is 3. The molecule has 2 atom stereocenters. The van der Waals surface area contributed by atoms with Crippen molar-refractivity contribution in [2.24, 2.45) is 0 Å². The van der Waals surface area contributed by atoms with E-state index in [1.165, 1.54) is 37.3 Å². The largest absolute Gasteiger partial charge is 0.497 e. The van der Waals surface area contributed by atoms with Crippen molar-refractivity contribution in [3.63, 3.8) is 0 Å². The Hall–Kier alpha value is -5.03. The Kier molecular flexibility index (Phi) is 12.7. The first kappa shape index (κ1) is 36.8. The Bertz CT molecular complexity index is 1820. The summed E-state index contributed by atoms with van der Waals surface area (Å²) in [7, 11) is 0.101. The summed E-state index contributed by atoms with van der Waals surface area (Å²) in [6.45, 7) is 5.21. The van der Waals surface area contributed by atoms with Crippen LogP contribution in [0.1, 0.15) is 37.0 Å². The molecule has 4 aromatic carbocycles. The van der Waals surface area contributed by atoms with Crippen LogP contribution in [0.5, 0.6) is 17.2 Å². The molecule has 4 rings (SSSR count). The molecule has 0 saturated carbocycles. The Morgan fingerprint density at radius 3 is 2.10 bits per heavy atom. The number of hydrogen-bond donors (Lipinski definition) is 1. The van der Waals surface area contributed by atoms with Crippen molar-refractivity contribution < 1.29 is 32.2 Å². The van der Waals surface area contributed by atoms with Crippen molar-refractivity contribution in [1.29, 1.82) is 0 Å². The molecule has 0 heterocycles. The molecule has 0 aromatic heterocycles. The molecule has 10 nitrogen and oxygen atoms in total. The number of nitrogens with one attached hydrogen (secondary N) is 1. The van der Waals surface area contributed by atoms with Gasteiger partial charge in [-0.15, -0.1) is 0 Å². The van der Waals surface area contributed by atoms with E-state index >= 15 is 0 Å². The first-order chi connectivity index (χ1) is 23.5. The van der Waals surface area contributed by atoms with Gasteiger partial charge in [0, 0.05) is 25.1 Å². The maximum Gasteiger partial charge on any atom is 0.264 e. The lowest BCUT2D eigenvalue weighted by molar-refractivity contribution is -0.140. The van der Waals surface area contributed by atoms with Crippen molar-refractivity contribution >= 4 is 27.5 Å². The SMILES string of the molecule is CC[C@H](C)NC(=O)[C@@H](Cc1ccccc1)N(Cc1cccc(OC)c1)C(=O)CN(c1ccc(C)cc1)S(=O)(=O)c1ccc(OC)c(OC)c1. The molecule has 0 fully saturated rings. The highest BCUT2D eigenvalue weighted by Gasteiger charge is 2.35. The topological polar surface area (TPSA) is 114 Å². The zero-order valence-electron chi connectivity index (χ0n) is 28.9. The number of hydrogen-bond acceptors (Lipinski definition) is 7. The third-order valence-corrected chi connectivity index (χ3v) is 10.1. The van der Waals surface area contributed by atoms with Crippen LogP contribution in [0, 0.1) is 6.92 Å². The van der Waals surface area contributed by atoms with Gasteiger partial charge in [0.25, 0.3) is 10.0 Å². The smallest absolute Gasteiger partial charge is 0.264 e. The van der Waals surface area contributed by atoms with E-state index in [0.29, 0.717) is 29.2 Å². The number of rotatable bonds is 16. The molecule has 0 radical (unpaired) electrons. The summed E-state index contributed by atoms with van der Waals surface area (Å²) in [6, 6.07) is 26.7. The zero-order valence-corrected chi connectivity index (χ0v) is 29.7. The van der Waals surface area contributed by atoms with E-state index in [-0.39, 0.29) is 35.6 Å². The molecule has 49 heavy (non-hydrogen) atoms. The van der Waals surface area contributed by atoms with Crippen LogP contribution in [0.15, 0.2) is 102 Å². The molecule has 260 valence electrons. The molecular formula is C38H45N3O7S. The summed E-state index contributed by atoms with van der Waals surface area (Å²) in [6.07, 6.45) is 0.907. The maximum atomic E-state index is 14.7. The first-order valence-corrected chi connectivity index (χ1v) is 17.5. The number of amides is 2. The van der Waals surface area contributed by atoms with E-state index in [4.69, 9.17) is 14.2 Å². The van der Waals surface area contributed by atoms with Crippen LogP contribution in [0.3, 0.4) is 0 Å². The fraction of sp³-hybridized carbons (Fsp3) is 0.316. The van der Waals surface area contributed by atoms with E-state index in [0.717, 1.165) is 15.4 Å². The molecule has 2 amide bonds. The van der Waals surface area contributed by atoms with Gasteiger partial charge in [-0.3, -0.25) is 13.9 Å². The fourth-order valence-corrected chi connectivity index (χ4v) is 6.74. The van der Waals surface area contributed by atoms with Gasteiger partial charge in [0.15, 0.2) is 11.5 Å². The average Bonchev–Trinajstić information content (AvgIpc) is 3.12. The number of sulfonamides is 1. The Morgan fingerprint density at radius 1 is 0.796 bits per heavy atom. The second-order valence-electron chi connectivity index (χ2n) is 11.8. The van der Waals surface area contributed by atoms with Crippen molar-refractivity contribution in [2.75, 3.05) is 32.2 Å². The van der Waals surface area contributed by atoms with E-state index in [1.807, 2.05) is 63.2 Å². The number of carbonyl (C=O) groups excluding carboxylic acids is 2. The molecular weight excluding hydrogens is 642 g/mol. The minimum absolute atomic E-state index is 0.0274. The predicted molar refractivity (Wildman–Crippen MR) is 191 cm³/mol. The Morgan fingerprint density at radius 2 is 1.47 bits per heavy atom. The predicted octanol–water partition coefficient (Wildman–Crippen LogP) is 5.77. The quantitative estimate of drug-likeness (QED) is 0.159. The first-order valence-electron chi connectivity index (χ1n) is 16.1. The summed E-state index contributed by atoms with van der Waals surface area (Å²) < 4.78 is 46.1. The summed E-state index contributed by atoms with van der Waals surface area (Å²) in [4.78, 5) is 30.1. The summed E-state index contributed by atoms with van der Waals surface area (Å²) >= 11 is 0. The summed E-state index contributed by atoms with van der Waals surface area (Å²) in [5.74, 6) is 0.278. The molecule has 0 spiro atoms. The number of benzene rings is 4. The van der Waals surface area contributed by atoms with Gasteiger partial charge >= 0.3 is 0 Å². The van der Waals surface area contributed by atoms with Crippen LogP contribution in [-0.4, -0.2) is 65.1 Å². The second kappa shape index (κ2) is 16.9. The molecule has 0 saturated heterocycles. The Labute approximate surface area is 289 Å². The van der Waals surface area contributed by atoms with Crippen molar-refractivity contribution in [1.82, 2.24) is 10.2 Å². The highest BCUT2D eigenvalue weighted by atomic mass is 32.2. The maximum absolute atomic E-state index is 14.7. The minimum Gasteiger partial charge on any atom is -0.497 e. The van der Waals surface area contributed by atoms with Crippen LogP contribution < -0.4 is 23.8 Å². The molecule has 0 aliphatic heterocycles. The van der Waals surface area contributed by atoms with E-state index in [2.05, 4.69) is 5.32 Å². The highest BCUT2D eigenvalue weighted by molar-refractivity contribution is 7.92. The molecule has 0 aliphatic carbocycles. The van der Waals surface area contributed by atoms with Gasteiger partial charge < -0.3 is 24.4 Å². The highest BCUT2D eigenvalue weighted by Crippen LogP contribution is 2.32. The molecule has 0 unspecified atom stereocenters. The third kappa shape index (κ3) is 9.32. The summed E-state index contributed by atoms with van der Waals surface area (Å²) in [5, 5.41) is 3.05. The van der Waals surface area contributed by atoms with Gasteiger partial charge in [0.1, 0.15) is 18.3 Å². The Balaban J connectivity index is 1.84. The van der Waals surface area contributed by atoms with E-state index < -0.39 is 28.5 Å². The monoisotopic (exact) mass is 687 g/mol. The lowest BCUT2D eigenvalue weighted by atomic mass is 10.0. The number of ether oxygens (including phenoxy) is 3. The van der Waals surface area contributed by atoms with Gasteiger partial charge in [-0.05, 0) is 67.8 Å². The molecule has 4 aromatic rings. The van der Waals surface area contributed by atoms with Crippen molar-refractivity contribution in [3.05, 3.63) is 114 Å².